The molecule has 1 N–H and O–H groups in total. The first kappa shape index (κ1) is 17.2. The molecule has 1 aromatic rings. The van der Waals surface area contributed by atoms with Crippen LogP contribution in [0.4, 0.5) is 4.79 Å². The molecule has 2 atom stereocenters. The monoisotopic (exact) mass is 325 g/mol. The Labute approximate surface area is 137 Å². The van der Waals surface area contributed by atoms with E-state index in [0.717, 1.165) is 32.7 Å². The van der Waals surface area contributed by atoms with Crippen LogP contribution in [0.5, 0.6) is 0 Å². The lowest BCUT2D eigenvalue weighted by molar-refractivity contribution is -0.0177. The second kappa shape index (κ2) is 8.50. The van der Waals surface area contributed by atoms with Crippen LogP contribution in [-0.2, 0) is 11.2 Å². The molecule has 1 aromatic heterocycles. The lowest BCUT2D eigenvalue weighted by Gasteiger charge is -2.38. The van der Waals surface area contributed by atoms with Gasteiger partial charge in [-0.3, -0.25) is 4.90 Å². The zero-order valence-corrected chi connectivity index (χ0v) is 14.6. The van der Waals surface area contributed by atoms with Crippen LogP contribution in [0, 0.1) is 0 Å². The van der Waals surface area contributed by atoms with Crippen LogP contribution in [0.3, 0.4) is 0 Å². The van der Waals surface area contributed by atoms with Crippen LogP contribution in [0.25, 0.3) is 0 Å². The number of thiophene rings is 1. The van der Waals surface area contributed by atoms with Crippen molar-refractivity contribution in [2.75, 3.05) is 39.9 Å². The molecule has 2 rings (SSSR count). The number of hydrogen-bond donors (Lipinski definition) is 1. The number of rotatable bonds is 6. The Morgan fingerprint density at radius 2 is 2.45 bits per heavy atom. The maximum atomic E-state index is 12.1. The third-order valence-corrected chi connectivity index (χ3v) is 5.09. The summed E-state index contributed by atoms with van der Waals surface area (Å²) in [4.78, 5) is 17.6. The normalized spacial score (nSPS) is 20.6. The number of carbonyl (C=O) groups excluding carboxylic acids is 1. The number of carbonyl (C=O) groups is 1. The van der Waals surface area contributed by atoms with Gasteiger partial charge < -0.3 is 15.0 Å². The smallest absolute Gasteiger partial charge is 0.317 e. The molecule has 2 amide bonds. The third kappa shape index (κ3) is 4.97. The van der Waals surface area contributed by atoms with Crippen LogP contribution in [0.15, 0.2) is 17.5 Å². The summed E-state index contributed by atoms with van der Waals surface area (Å²) in [5.74, 6) is 0. The summed E-state index contributed by atoms with van der Waals surface area (Å²) in [5.41, 5.74) is 0. The largest absolute Gasteiger partial charge is 0.379 e. The van der Waals surface area contributed by atoms with Crippen molar-refractivity contribution in [3.05, 3.63) is 22.4 Å². The Balaban J connectivity index is 1.69. The lowest BCUT2D eigenvalue weighted by Crippen LogP contribution is -2.52. The standard InChI is InChI=1S/C16H27N3O2S/c1-13(19-8-9-21-12-14(19)2)11-17-16(20)18(3)7-6-15-5-4-10-22-15/h4-5,10,13-14H,6-9,11-12H2,1-3H3,(H,17,20). The first-order chi connectivity index (χ1) is 10.6. The van der Waals surface area contributed by atoms with Gasteiger partial charge in [-0.15, -0.1) is 11.3 Å². The Bertz CT molecular complexity index is 452. The van der Waals surface area contributed by atoms with Crippen LogP contribution in [0.1, 0.15) is 18.7 Å². The minimum Gasteiger partial charge on any atom is -0.379 e. The number of ether oxygens (including phenoxy) is 1. The number of morpholine rings is 1. The highest BCUT2D eigenvalue weighted by Gasteiger charge is 2.24. The molecule has 2 heterocycles. The fourth-order valence-electron chi connectivity index (χ4n) is 2.72. The Kier molecular flexibility index (Phi) is 6.67. The van der Waals surface area contributed by atoms with E-state index in [1.807, 2.05) is 13.1 Å². The number of nitrogens with zero attached hydrogens (tertiary/aromatic N) is 2. The molecule has 124 valence electrons. The minimum absolute atomic E-state index is 0.00400. The van der Waals surface area contributed by atoms with E-state index in [9.17, 15) is 4.79 Å². The molecule has 2 unspecified atom stereocenters. The summed E-state index contributed by atoms with van der Waals surface area (Å²) in [6, 6.07) is 4.90. The molecule has 0 saturated carbocycles. The highest BCUT2D eigenvalue weighted by molar-refractivity contribution is 7.09. The van der Waals surface area contributed by atoms with E-state index in [0.29, 0.717) is 18.6 Å². The zero-order valence-electron chi connectivity index (χ0n) is 13.7. The molecule has 6 heteroatoms. The van der Waals surface area contributed by atoms with Crippen molar-refractivity contribution in [1.82, 2.24) is 15.1 Å². The van der Waals surface area contributed by atoms with E-state index in [4.69, 9.17) is 4.74 Å². The molecule has 0 spiro atoms. The van der Waals surface area contributed by atoms with Gasteiger partial charge in [0.05, 0.1) is 13.2 Å². The predicted octanol–water partition coefficient (Wildman–Crippen LogP) is 2.04. The molecule has 1 aliphatic heterocycles. The van der Waals surface area contributed by atoms with Crippen molar-refractivity contribution in [2.45, 2.75) is 32.4 Å². The maximum Gasteiger partial charge on any atom is 0.317 e. The van der Waals surface area contributed by atoms with Gasteiger partial charge in [-0.25, -0.2) is 4.79 Å². The molecular formula is C16H27N3O2S. The fourth-order valence-corrected chi connectivity index (χ4v) is 3.41. The predicted molar refractivity (Wildman–Crippen MR) is 90.5 cm³/mol. The molecule has 1 aliphatic rings. The van der Waals surface area contributed by atoms with E-state index in [2.05, 4.69) is 35.5 Å². The van der Waals surface area contributed by atoms with Gasteiger partial charge in [-0.05, 0) is 31.7 Å². The quantitative estimate of drug-likeness (QED) is 0.870. The highest BCUT2D eigenvalue weighted by Crippen LogP contribution is 2.11. The average molecular weight is 325 g/mol. The molecule has 1 fully saturated rings. The van der Waals surface area contributed by atoms with Gasteiger partial charge in [0.2, 0.25) is 0 Å². The Morgan fingerprint density at radius 1 is 1.64 bits per heavy atom. The Morgan fingerprint density at radius 3 is 3.14 bits per heavy atom. The lowest BCUT2D eigenvalue weighted by atomic mass is 10.2. The topological polar surface area (TPSA) is 44.8 Å². The zero-order chi connectivity index (χ0) is 15.9. The molecule has 22 heavy (non-hydrogen) atoms. The van der Waals surface area contributed by atoms with E-state index in [-0.39, 0.29) is 6.03 Å². The summed E-state index contributed by atoms with van der Waals surface area (Å²) in [7, 11) is 1.85. The van der Waals surface area contributed by atoms with Crippen molar-refractivity contribution in [3.8, 4) is 0 Å². The first-order valence-corrected chi connectivity index (χ1v) is 8.80. The van der Waals surface area contributed by atoms with Crippen molar-refractivity contribution in [1.29, 1.82) is 0 Å². The van der Waals surface area contributed by atoms with Crippen molar-refractivity contribution < 1.29 is 9.53 Å². The number of hydrogen-bond acceptors (Lipinski definition) is 4. The van der Waals surface area contributed by atoms with E-state index < -0.39 is 0 Å². The van der Waals surface area contributed by atoms with Crippen LogP contribution in [0.2, 0.25) is 0 Å². The molecule has 1 saturated heterocycles. The van der Waals surface area contributed by atoms with Gasteiger partial charge in [-0.2, -0.15) is 0 Å². The summed E-state index contributed by atoms with van der Waals surface area (Å²) in [5, 5.41) is 5.11. The Hall–Kier alpha value is -1.11. The van der Waals surface area contributed by atoms with Gasteiger partial charge in [0.25, 0.3) is 0 Å². The van der Waals surface area contributed by atoms with Crippen molar-refractivity contribution in [3.63, 3.8) is 0 Å². The van der Waals surface area contributed by atoms with Crippen LogP contribution < -0.4 is 5.32 Å². The van der Waals surface area contributed by atoms with Gasteiger partial charge in [0, 0.05) is 43.6 Å². The number of urea groups is 1. The summed E-state index contributed by atoms with van der Waals surface area (Å²) >= 11 is 1.74. The molecule has 5 nitrogen and oxygen atoms in total. The molecule has 0 aliphatic carbocycles. The average Bonchev–Trinajstić information content (AvgIpc) is 3.03. The van der Waals surface area contributed by atoms with E-state index in [1.165, 1.54) is 4.88 Å². The number of amides is 2. The summed E-state index contributed by atoms with van der Waals surface area (Å²) in [6.45, 7) is 8.24. The van der Waals surface area contributed by atoms with E-state index >= 15 is 0 Å². The highest BCUT2D eigenvalue weighted by atomic mass is 32.1. The maximum absolute atomic E-state index is 12.1. The SMILES string of the molecule is CC(CNC(=O)N(C)CCc1cccs1)N1CCOCC1C. The second-order valence-electron chi connectivity index (χ2n) is 5.95. The molecule has 0 aromatic carbocycles. The fraction of sp³-hybridized carbons (Fsp3) is 0.688. The first-order valence-electron chi connectivity index (χ1n) is 7.92. The molecular weight excluding hydrogens is 298 g/mol. The summed E-state index contributed by atoms with van der Waals surface area (Å²) in [6.07, 6.45) is 0.914. The minimum atomic E-state index is 0.00400. The molecule has 0 radical (unpaired) electrons. The summed E-state index contributed by atoms with van der Waals surface area (Å²) < 4.78 is 5.46. The van der Waals surface area contributed by atoms with Gasteiger partial charge >= 0.3 is 6.03 Å². The second-order valence-corrected chi connectivity index (χ2v) is 6.98. The van der Waals surface area contributed by atoms with Crippen LogP contribution in [-0.4, -0.2) is 67.8 Å². The third-order valence-electron chi connectivity index (χ3n) is 4.15. The number of nitrogens with one attached hydrogen (secondary N) is 1. The van der Waals surface area contributed by atoms with Crippen molar-refractivity contribution >= 4 is 17.4 Å². The van der Waals surface area contributed by atoms with Gasteiger partial charge in [-0.1, -0.05) is 6.07 Å². The van der Waals surface area contributed by atoms with Crippen molar-refractivity contribution in [2.24, 2.45) is 0 Å². The van der Waals surface area contributed by atoms with E-state index in [1.54, 1.807) is 16.2 Å². The number of likely N-dealkylation sites (N-methyl/N-ethyl adjacent to an activating group) is 1. The molecule has 0 bridgehead atoms. The van der Waals surface area contributed by atoms with Gasteiger partial charge in [0.15, 0.2) is 0 Å². The van der Waals surface area contributed by atoms with Crippen LogP contribution >= 0.6 is 11.3 Å². The van der Waals surface area contributed by atoms with Gasteiger partial charge in [0.1, 0.15) is 0 Å².